The molecule has 4 heteroatoms. The molecule has 4 rings (SSSR count). The molecule has 3 aromatic rings. The van der Waals surface area contributed by atoms with Crippen LogP contribution in [0.3, 0.4) is 0 Å². The number of amides is 1. The number of ether oxygens (including phenoxy) is 1. The largest absolute Gasteiger partial charge is 0.497 e. The van der Waals surface area contributed by atoms with Crippen molar-refractivity contribution >= 4 is 16.7 Å². The van der Waals surface area contributed by atoms with Crippen LogP contribution in [0.25, 0.3) is 10.8 Å². The first-order valence-corrected chi connectivity index (χ1v) is 9.79. The summed E-state index contributed by atoms with van der Waals surface area (Å²) in [7, 11) is 1.68. The fourth-order valence-electron chi connectivity index (χ4n) is 4.05. The maximum absolute atomic E-state index is 12.7. The van der Waals surface area contributed by atoms with Gasteiger partial charge in [-0.05, 0) is 52.9 Å². The Morgan fingerprint density at radius 2 is 1.93 bits per heavy atom. The fraction of sp³-hybridized carbons (Fsp3) is 0.292. The summed E-state index contributed by atoms with van der Waals surface area (Å²) in [6.07, 6.45) is 0.964. The van der Waals surface area contributed by atoms with Crippen LogP contribution in [0, 0.1) is 0 Å². The molecule has 28 heavy (non-hydrogen) atoms. The van der Waals surface area contributed by atoms with Gasteiger partial charge < -0.3 is 10.1 Å². The van der Waals surface area contributed by atoms with Gasteiger partial charge in [-0.25, -0.2) is 0 Å². The molecule has 0 fully saturated rings. The molecule has 1 aliphatic heterocycles. The van der Waals surface area contributed by atoms with Crippen molar-refractivity contribution in [3.05, 3.63) is 77.4 Å². The topological polar surface area (TPSA) is 41.6 Å². The van der Waals surface area contributed by atoms with Crippen molar-refractivity contribution in [2.24, 2.45) is 0 Å². The molecule has 1 atom stereocenters. The lowest BCUT2D eigenvalue weighted by Gasteiger charge is -2.29. The third-order valence-corrected chi connectivity index (χ3v) is 5.54. The average molecular weight is 374 g/mol. The Bertz CT molecular complexity index is 994. The van der Waals surface area contributed by atoms with E-state index in [1.165, 1.54) is 21.9 Å². The van der Waals surface area contributed by atoms with E-state index in [-0.39, 0.29) is 11.9 Å². The van der Waals surface area contributed by atoms with Gasteiger partial charge in [0.25, 0.3) is 0 Å². The van der Waals surface area contributed by atoms with Gasteiger partial charge in [-0.2, -0.15) is 0 Å². The molecule has 3 aromatic carbocycles. The van der Waals surface area contributed by atoms with Crippen molar-refractivity contribution in [2.75, 3.05) is 20.2 Å². The first-order chi connectivity index (χ1) is 13.6. The summed E-state index contributed by atoms with van der Waals surface area (Å²) in [4.78, 5) is 14.9. The van der Waals surface area contributed by atoms with Crippen LogP contribution in [0.5, 0.6) is 5.75 Å². The highest BCUT2D eigenvalue weighted by atomic mass is 16.5. The van der Waals surface area contributed by atoms with Crippen molar-refractivity contribution < 1.29 is 9.53 Å². The molecule has 0 spiro atoms. The monoisotopic (exact) mass is 374 g/mol. The van der Waals surface area contributed by atoms with Crippen molar-refractivity contribution in [1.29, 1.82) is 0 Å². The minimum atomic E-state index is -0.0317. The third kappa shape index (κ3) is 3.87. The smallest absolute Gasteiger partial charge is 0.234 e. The normalized spacial score (nSPS) is 15.1. The number of hydrogen-bond donors (Lipinski definition) is 1. The average Bonchev–Trinajstić information content (AvgIpc) is 2.72. The lowest BCUT2D eigenvalue weighted by Crippen LogP contribution is -2.40. The highest BCUT2D eigenvalue weighted by molar-refractivity contribution is 5.87. The van der Waals surface area contributed by atoms with E-state index in [1.54, 1.807) is 7.11 Å². The molecule has 1 amide bonds. The van der Waals surface area contributed by atoms with Gasteiger partial charge in [0.2, 0.25) is 5.91 Å². The summed E-state index contributed by atoms with van der Waals surface area (Å²) in [6.45, 7) is 4.14. The Labute approximate surface area is 166 Å². The quantitative estimate of drug-likeness (QED) is 0.732. The molecule has 1 N–H and O–H groups in total. The molecule has 1 heterocycles. The summed E-state index contributed by atoms with van der Waals surface area (Å²) in [5.74, 6) is 0.932. The van der Waals surface area contributed by atoms with Gasteiger partial charge >= 0.3 is 0 Å². The Balaban J connectivity index is 1.41. The Hall–Kier alpha value is -2.85. The van der Waals surface area contributed by atoms with Crippen molar-refractivity contribution in [1.82, 2.24) is 10.2 Å². The maximum Gasteiger partial charge on any atom is 0.234 e. The fourth-order valence-corrected chi connectivity index (χ4v) is 4.05. The predicted octanol–water partition coefficient (Wildman–Crippen LogP) is 4.08. The van der Waals surface area contributed by atoms with Crippen molar-refractivity contribution in [3.8, 4) is 5.75 Å². The number of nitrogens with zero attached hydrogens (tertiary/aromatic N) is 1. The molecule has 1 unspecified atom stereocenters. The zero-order valence-corrected chi connectivity index (χ0v) is 16.4. The van der Waals surface area contributed by atoms with Gasteiger partial charge in [-0.15, -0.1) is 0 Å². The van der Waals surface area contributed by atoms with Gasteiger partial charge in [0.15, 0.2) is 0 Å². The van der Waals surface area contributed by atoms with E-state index < -0.39 is 0 Å². The van der Waals surface area contributed by atoms with E-state index in [2.05, 4.69) is 59.6 Å². The van der Waals surface area contributed by atoms with Crippen LogP contribution in [0.1, 0.15) is 29.7 Å². The van der Waals surface area contributed by atoms with Gasteiger partial charge in [-0.3, -0.25) is 9.69 Å². The number of hydrogen-bond acceptors (Lipinski definition) is 3. The second-order valence-electron chi connectivity index (χ2n) is 7.45. The van der Waals surface area contributed by atoms with E-state index in [9.17, 15) is 4.79 Å². The van der Waals surface area contributed by atoms with E-state index in [4.69, 9.17) is 4.74 Å². The zero-order valence-electron chi connectivity index (χ0n) is 16.4. The summed E-state index contributed by atoms with van der Waals surface area (Å²) in [5, 5.41) is 5.57. The van der Waals surface area contributed by atoms with Crippen LogP contribution in [-0.4, -0.2) is 31.0 Å². The van der Waals surface area contributed by atoms with Crippen LogP contribution in [0.15, 0.2) is 60.7 Å². The van der Waals surface area contributed by atoms with Gasteiger partial charge in [-0.1, -0.05) is 48.5 Å². The Kier molecular flexibility index (Phi) is 5.31. The van der Waals surface area contributed by atoms with E-state index >= 15 is 0 Å². The van der Waals surface area contributed by atoms with Gasteiger partial charge in [0, 0.05) is 13.1 Å². The molecular weight excluding hydrogens is 348 g/mol. The molecule has 0 bridgehead atoms. The lowest BCUT2D eigenvalue weighted by atomic mass is 9.99. The molecule has 0 aliphatic carbocycles. The molecule has 144 valence electrons. The SMILES string of the molecule is COc1ccc2c(c1)CN(CC(=O)NC(C)c1cccc3ccccc13)CC2. The van der Waals surface area contributed by atoms with Crippen LogP contribution in [0.4, 0.5) is 0 Å². The van der Waals surface area contributed by atoms with Crippen LogP contribution >= 0.6 is 0 Å². The standard InChI is InChI=1S/C24H26N2O2/c1-17(22-9-5-7-19-6-3-4-8-23(19)22)25-24(27)16-26-13-12-18-10-11-21(28-2)14-20(18)15-26/h3-11,14,17H,12-13,15-16H2,1-2H3,(H,25,27). The summed E-state index contributed by atoms with van der Waals surface area (Å²) < 4.78 is 5.34. The number of benzene rings is 3. The first-order valence-electron chi connectivity index (χ1n) is 9.79. The molecular formula is C24H26N2O2. The maximum atomic E-state index is 12.7. The summed E-state index contributed by atoms with van der Waals surface area (Å²) in [6, 6.07) is 20.7. The Morgan fingerprint density at radius 3 is 2.79 bits per heavy atom. The zero-order chi connectivity index (χ0) is 19.5. The van der Waals surface area contributed by atoms with Gasteiger partial charge in [0.05, 0.1) is 19.7 Å². The Morgan fingerprint density at radius 1 is 1.11 bits per heavy atom. The highest BCUT2D eigenvalue weighted by Gasteiger charge is 2.20. The minimum absolute atomic E-state index is 0.0317. The van der Waals surface area contributed by atoms with Crippen LogP contribution in [-0.2, 0) is 17.8 Å². The molecule has 0 radical (unpaired) electrons. The molecule has 4 nitrogen and oxygen atoms in total. The second-order valence-corrected chi connectivity index (χ2v) is 7.45. The van der Waals surface area contributed by atoms with Crippen molar-refractivity contribution in [3.63, 3.8) is 0 Å². The summed E-state index contributed by atoms with van der Waals surface area (Å²) in [5.41, 5.74) is 3.75. The number of carbonyl (C=O) groups is 1. The number of nitrogens with one attached hydrogen (secondary N) is 1. The number of methoxy groups -OCH3 is 1. The lowest BCUT2D eigenvalue weighted by molar-refractivity contribution is -0.123. The molecule has 0 saturated heterocycles. The van der Waals surface area contributed by atoms with E-state index in [0.29, 0.717) is 6.54 Å². The molecule has 0 saturated carbocycles. The van der Waals surface area contributed by atoms with Crippen LogP contribution in [0.2, 0.25) is 0 Å². The van der Waals surface area contributed by atoms with Crippen molar-refractivity contribution in [2.45, 2.75) is 25.9 Å². The number of carbonyl (C=O) groups excluding carboxylic acids is 1. The molecule has 0 aromatic heterocycles. The highest BCUT2D eigenvalue weighted by Crippen LogP contribution is 2.25. The summed E-state index contributed by atoms with van der Waals surface area (Å²) >= 11 is 0. The number of rotatable bonds is 5. The second kappa shape index (κ2) is 8.03. The van der Waals surface area contributed by atoms with Crippen LogP contribution < -0.4 is 10.1 Å². The minimum Gasteiger partial charge on any atom is -0.497 e. The van der Waals surface area contributed by atoms with Gasteiger partial charge in [0.1, 0.15) is 5.75 Å². The molecule has 1 aliphatic rings. The predicted molar refractivity (Wildman–Crippen MR) is 112 cm³/mol. The third-order valence-electron chi connectivity index (χ3n) is 5.54. The van der Waals surface area contributed by atoms with E-state index in [1.807, 2.05) is 18.2 Å². The number of fused-ring (bicyclic) bond motifs is 2. The first kappa shape index (κ1) is 18.5. The van der Waals surface area contributed by atoms with E-state index in [0.717, 1.165) is 30.8 Å².